The number of likely N-dealkylation sites (tertiary alicyclic amines) is 1. The van der Waals surface area contributed by atoms with Crippen LogP contribution in [-0.4, -0.2) is 50.7 Å². The van der Waals surface area contributed by atoms with Crippen LogP contribution in [0.25, 0.3) is 10.2 Å². The first-order valence-corrected chi connectivity index (χ1v) is 12.0. The monoisotopic (exact) mass is 517 g/mol. The van der Waals surface area contributed by atoms with E-state index in [1.165, 1.54) is 16.2 Å². The van der Waals surface area contributed by atoms with Gasteiger partial charge >= 0.3 is 0 Å². The SMILES string of the molecule is CC(NC(=O)[C@H](O)[C@@H](O)C(=O)N1CCCC1c1nc2ccccc2s1)c1ccc(Br)cc1. The molecule has 1 aromatic heterocycles. The second-order valence-corrected chi connectivity index (χ2v) is 9.86. The smallest absolute Gasteiger partial charge is 0.255 e. The molecule has 3 N–H and O–H groups in total. The van der Waals surface area contributed by atoms with Crippen molar-refractivity contribution in [2.75, 3.05) is 6.54 Å². The van der Waals surface area contributed by atoms with Crippen LogP contribution in [0.2, 0.25) is 0 Å². The number of carbonyl (C=O) groups is 2. The summed E-state index contributed by atoms with van der Waals surface area (Å²) >= 11 is 4.88. The molecule has 2 unspecified atom stereocenters. The molecule has 4 atom stereocenters. The van der Waals surface area contributed by atoms with Crippen LogP contribution < -0.4 is 5.32 Å². The van der Waals surface area contributed by atoms with Crippen molar-refractivity contribution in [1.82, 2.24) is 15.2 Å². The molecule has 4 rings (SSSR count). The maximum Gasteiger partial charge on any atom is 0.255 e. The fourth-order valence-electron chi connectivity index (χ4n) is 3.90. The van der Waals surface area contributed by atoms with Crippen LogP contribution in [-0.2, 0) is 9.59 Å². The minimum absolute atomic E-state index is 0.272. The molecule has 3 aromatic rings. The zero-order chi connectivity index (χ0) is 22.8. The molecule has 0 bridgehead atoms. The Morgan fingerprint density at radius 3 is 2.59 bits per heavy atom. The number of hydrogen-bond acceptors (Lipinski definition) is 6. The number of fused-ring (bicyclic) bond motifs is 1. The molecule has 168 valence electrons. The van der Waals surface area contributed by atoms with Gasteiger partial charge in [-0.05, 0) is 49.6 Å². The van der Waals surface area contributed by atoms with Gasteiger partial charge in [-0.1, -0.05) is 40.2 Å². The summed E-state index contributed by atoms with van der Waals surface area (Å²) in [6.07, 6.45) is -2.22. The summed E-state index contributed by atoms with van der Waals surface area (Å²) in [4.78, 5) is 31.7. The molecule has 1 fully saturated rings. The van der Waals surface area contributed by atoms with Crippen molar-refractivity contribution in [2.45, 2.75) is 44.1 Å². The van der Waals surface area contributed by atoms with E-state index in [0.717, 1.165) is 38.1 Å². The van der Waals surface area contributed by atoms with E-state index in [1.807, 2.05) is 48.5 Å². The maximum absolute atomic E-state index is 13.0. The fraction of sp³-hybridized carbons (Fsp3) is 0.348. The Labute approximate surface area is 198 Å². The van der Waals surface area contributed by atoms with Crippen molar-refractivity contribution < 1.29 is 19.8 Å². The summed E-state index contributed by atoms with van der Waals surface area (Å²) in [5.74, 6) is -1.46. The number of para-hydroxylation sites is 1. The number of aliphatic hydroxyl groups excluding tert-OH is 2. The van der Waals surface area contributed by atoms with Crippen molar-refractivity contribution in [3.63, 3.8) is 0 Å². The van der Waals surface area contributed by atoms with Gasteiger partial charge in [0, 0.05) is 11.0 Å². The minimum atomic E-state index is -1.86. The van der Waals surface area contributed by atoms with Crippen LogP contribution in [0.4, 0.5) is 0 Å². The van der Waals surface area contributed by atoms with E-state index in [2.05, 4.69) is 26.2 Å². The zero-order valence-corrected chi connectivity index (χ0v) is 19.8. The molecule has 0 saturated carbocycles. The van der Waals surface area contributed by atoms with Crippen molar-refractivity contribution in [3.05, 3.63) is 63.6 Å². The van der Waals surface area contributed by atoms with E-state index in [1.54, 1.807) is 6.92 Å². The van der Waals surface area contributed by atoms with Crippen LogP contribution in [0.5, 0.6) is 0 Å². The third-order valence-electron chi connectivity index (χ3n) is 5.68. The summed E-state index contributed by atoms with van der Waals surface area (Å²) in [7, 11) is 0. The molecule has 2 aromatic carbocycles. The Kier molecular flexibility index (Phi) is 6.90. The number of carbonyl (C=O) groups excluding carboxylic acids is 2. The quantitative estimate of drug-likeness (QED) is 0.465. The number of rotatable bonds is 6. The molecule has 2 amide bonds. The first-order chi connectivity index (χ1) is 15.3. The van der Waals surface area contributed by atoms with Gasteiger partial charge in [-0.2, -0.15) is 0 Å². The third kappa shape index (κ3) is 4.71. The summed E-state index contributed by atoms with van der Waals surface area (Å²) in [6, 6.07) is 14.5. The Hall–Kier alpha value is -2.33. The number of aliphatic hydroxyl groups is 2. The molecule has 9 heteroatoms. The predicted octanol–water partition coefficient (Wildman–Crippen LogP) is 3.32. The van der Waals surface area contributed by atoms with Gasteiger partial charge in [0.05, 0.1) is 22.3 Å². The first-order valence-electron chi connectivity index (χ1n) is 10.4. The molecule has 1 aliphatic rings. The van der Waals surface area contributed by atoms with Gasteiger partial charge in [0.1, 0.15) is 5.01 Å². The lowest BCUT2D eigenvalue weighted by molar-refractivity contribution is -0.154. The summed E-state index contributed by atoms with van der Waals surface area (Å²) in [5.41, 5.74) is 1.71. The number of hydrogen-bond donors (Lipinski definition) is 3. The number of thiazole rings is 1. The van der Waals surface area contributed by atoms with Crippen molar-refractivity contribution >= 4 is 49.3 Å². The first kappa shape index (κ1) is 22.8. The molecule has 0 aliphatic carbocycles. The lowest BCUT2D eigenvalue weighted by Gasteiger charge is -2.27. The number of nitrogens with zero attached hydrogens (tertiary/aromatic N) is 2. The van der Waals surface area contributed by atoms with Gasteiger partial charge in [-0.25, -0.2) is 4.98 Å². The molecule has 32 heavy (non-hydrogen) atoms. The molecule has 2 heterocycles. The summed E-state index contributed by atoms with van der Waals surface area (Å²) < 4.78 is 1.94. The van der Waals surface area contributed by atoms with E-state index >= 15 is 0 Å². The minimum Gasteiger partial charge on any atom is -0.380 e. The average Bonchev–Trinajstić information content (AvgIpc) is 3.44. The largest absolute Gasteiger partial charge is 0.380 e. The molecule has 1 saturated heterocycles. The Morgan fingerprint density at radius 1 is 1.16 bits per heavy atom. The van der Waals surface area contributed by atoms with E-state index < -0.39 is 30.1 Å². The highest BCUT2D eigenvalue weighted by atomic mass is 79.9. The molecular formula is C23H24BrN3O4S. The lowest BCUT2D eigenvalue weighted by atomic mass is 10.1. The number of benzene rings is 2. The molecule has 0 spiro atoms. The second kappa shape index (κ2) is 9.66. The van der Waals surface area contributed by atoms with E-state index in [-0.39, 0.29) is 6.04 Å². The van der Waals surface area contributed by atoms with Gasteiger partial charge in [0.15, 0.2) is 12.2 Å². The Bertz CT molecular complexity index is 1090. The highest BCUT2D eigenvalue weighted by Crippen LogP contribution is 2.36. The topological polar surface area (TPSA) is 103 Å². The normalized spacial score (nSPS) is 19.0. The van der Waals surface area contributed by atoms with Crippen LogP contribution in [0.15, 0.2) is 53.0 Å². The standard InChI is InChI=1S/C23H24BrN3O4S/c1-13(14-8-10-15(24)11-9-14)25-21(30)19(28)20(29)23(31)27-12-4-6-17(27)22-26-16-5-2-3-7-18(16)32-22/h2-3,5,7-11,13,17,19-20,28-29H,4,6,12H2,1H3,(H,25,30)/t13?,17?,19-,20-/m1/s1. The van der Waals surface area contributed by atoms with Crippen LogP contribution in [0.1, 0.15) is 42.4 Å². The van der Waals surface area contributed by atoms with Crippen LogP contribution in [0, 0.1) is 0 Å². The van der Waals surface area contributed by atoms with Gasteiger partial charge in [0.2, 0.25) is 0 Å². The fourth-order valence-corrected chi connectivity index (χ4v) is 5.28. The summed E-state index contributed by atoms with van der Waals surface area (Å²) in [5, 5.41) is 24.4. The number of aromatic nitrogens is 1. The van der Waals surface area contributed by atoms with Gasteiger partial charge in [-0.3, -0.25) is 9.59 Å². The van der Waals surface area contributed by atoms with Crippen LogP contribution >= 0.6 is 27.3 Å². The molecular weight excluding hydrogens is 494 g/mol. The number of nitrogens with one attached hydrogen (secondary N) is 1. The average molecular weight is 518 g/mol. The Balaban J connectivity index is 1.43. The number of halogens is 1. The van der Waals surface area contributed by atoms with E-state index in [0.29, 0.717) is 6.54 Å². The Morgan fingerprint density at radius 2 is 1.88 bits per heavy atom. The molecule has 7 nitrogen and oxygen atoms in total. The van der Waals surface area contributed by atoms with Crippen molar-refractivity contribution in [1.29, 1.82) is 0 Å². The number of amides is 2. The zero-order valence-electron chi connectivity index (χ0n) is 17.4. The highest BCUT2D eigenvalue weighted by Gasteiger charge is 2.39. The van der Waals surface area contributed by atoms with Crippen molar-refractivity contribution in [3.8, 4) is 0 Å². The maximum atomic E-state index is 13.0. The van der Waals surface area contributed by atoms with Gasteiger partial charge in [-0.15, -0.1) is 11.3 Å². The summed E-state index contributed by atoms with van der Waals surface area (Å²) in [6.45, 7) is 2.21. The highest BCUT2D eigenvalue weighted by molar-refractivity contribution is 9.10. The molecule has 0 radical (unpaired) electrons. The van der Waals surface area contributed by atoms with Crippen LogP contribution in [0.3, 0.4) is 0 Å². The third-order valence-corrected chi connectivity index (χ3v) is 7.35. The van der Waals surface area contributed by atoms with E-state index in [9.17, 15) is 19.8 Å². The second-order valence-electron chi connectivity index (χ2n) is 7.88. The van der Waals surface area contributed by atoms with Crippen molar-refractivity contribution in [2.24, 2.45) is 0 Å². The molecule has 1 aliphatic heterocycles. The van der Waals surface area contributed by atoms with Gasteiger partial charge < -0.3 is 20.4 Å². The van der Waals surface area contributed by atoms with Gasteiger partial charge in [0.25, 0.3) is 11.8 Å². The van der Waals surface area contributed by atoms with E-state index in [4.69, 9.17) is 0 Å². The lowest BCUT2D eigenvalue weighted by Crippen LogP contribution is -2.50. The predicted molar refractivity (Wildman–Crippen MR) is 126 cm³/mol.